The number of aryl methyl sites for hydroxylation is 1. The van der Waals surface area contributed by atoms with Gasteiger partial charge in [0.15, 0.2) is 11.5 Å². The highest BCUT2D eigenvalue weighted by atomic mass is 35.5. The van der Waals surface area contributed by atoms with Crippen LogP contribution in [0, 0.1) is 0 Å². The topological polar surface area (TPSA) is 73.6 Å². The van der Waals surface area contributed by atoms with Crippen molar-refractivity contribution in [1.82, 2.24) is 5.32 Å². The largest absolute Gasteiger partial charge is 0.493 e. The summed E-state index contributed by atoms with van der Waals surface area (Å²) < 4.78 is 10.7. The number of ether oxygens (including phenoxy) is 2. The summed E-state index contributed by atoms with van der Waals surface area (Å²) in [7, 11) is 3.20. The first kappa shape index (κ1) is 21.9. The van der Waals surface area contributed by atoms with Crippen molar-refractivity contribution in [1.29, 1.82) is 0 Å². The number of nitrogens with two attached hydrogens (primary N) is 1. The van der Waals surface area contributed by atoms with Gasteiger partial charge in [-0.05, 0) is 74.1 Å². The monoisotopic (exact) mass is 404 g/mol. The van der Waals surface area contributed by atoms with Crippen LogP contribution in [0.4, 0.5) is 5.69 Å². The maximum absolute atomic E-state index is 13.2. The summed E-state index contributed by atoms with van der Waals surface area (Å²) in [5, 5.41) is 3.25. The summed E-state index contributed by atoms with van der Waals surface area (Å²) in [5.74, 6) is 1.26. The van der Waals surface area contributed by atoms with Crippen LogP contribution in [0.25, 0.3) is 0 Å². The number of hydrogen-bond donors (Lipinski definition) is 2. The van der Waals surface area contributed by atoms with Crippen LogP contribution in [0.3, 0.4) is 0 Å². The highest BCUT2D eigenvalue weighted by molar-refractivity contribution is 5.88. The summed E-state index contributed by atoms with van der Waals surface area (Å²) in [6.07, 6.45) is 2.98. The fourth-order valence-corrected chi connectivity index (χ4v) is 3.68. The molecule has 0 radical (unpaired) electrons. The van der Waals surface area contributed by atoms with E-state index in [0.717, 1.165) is 30.5 Å². The first-order valence-electron chi connectivity index (χ1n) is 9.28. The molecule has 1 aliphatic rings. The van der Waals surface area contributed by atoms with Gasteiger partial charge in [0.2, 0.25) is 5.91 Å². The van der Waals surface area contributed by atoms with Crippen molar-refractivity contribution in [3.05, 3.63) is 53.1 Å². The van der Waals surface area contributed by atoms with E-state index in [1.165, 1.54) is 11.1 Å². The summed E-state index contributed by atoms with van der Waals surface area (Å²) in [4.78, 5) is 13.2. The molecule has 1 atom stereocenters. The Balaban J connectivity index is 0.00000280. The lowest BCUT2D eigenvalue weighted by atomic mass is 9.81. The fourth-order valence-electron chi connectivity index (χ4n) is 3.68. The zero-order valence-corrected chi connectivity index (χ0v) is 17.7. The Labute approximate surface area is 173 Å². The molecule has 152 valence electrons. The smallest absolute Gasteiger partial charge is 0.230 e. The van der Waals surface area contributed by atoms with Crippen LogP contribution in [0.2, 0.25) is 0 Å². The van der Waals surface area contributed by atoms with Crippen molar-refractivity contribution in [3.63, 3.8) is 0 Å². The van der Waals surface area contributed by atoms with E-state index in [1.807, 2.05) is 50.2 Å². The van der Waals surface area contributed by atoms with E-state index in [1.54, 1.807) is 14.2 Å². The van der Waals surface area contributed by atoms with Crippen LogP contribution in [-0.2, 0) is 16.6 Å². The second kappa shape index (κ2) is 8.74. The van der Waals surface area contributed by atoms with Crippen LogP contribution in [0.1, 0.15) is 49.4 Å². The third kappa shape index (κ3) is 4.20. The molecule has 0 heterocycles. The second-order valence-corrected chi connectivity index (χ2v) is 7.57. The fraction of sp³-hybridized carbons (Fsp3) is 0.409. The van der Waals surface area contributed by atoms with E-state index in [4.69, 9.17) is 15.2 Å². The van der Waals surface area contributed by atoms with E-state index in [2.05, 4.69) is 5.32 Å². The average molecular weight is 405 g/mol. The first-order chi connectivity index (χ1) is 12.9. The van der Waals surface area contributed by atoms with Crippen molar-refractivity contribution >= 4 is 24.0 Å². The molecular formula is C22H29ClN2O3. The number of anilines is 1. The Hall–Kier alpha value is -2.40. The molecule has 2 aromatic rings. The van der Waals surface area contributed by atoms with Gasteiger partial charge >= 0.3 is 0 Å². The summed E-state index contributed by atoms with van der Waals surface area (Å²) in [6.45, 7) is 3.85. The molecule has 0 saturated carbocycles. The molecule has 1 unspecified atom stereocenters. The zero-order valence-electron chi connectivity index (χ0n) is 16.9. The van der Waals surface area contributed by atoms with Crippen LogP contribution in [0.15, 0.2) is 36.4 Å². The maximum atomic E-state index is 13.2. The molecule has 1 aliphatic carbocycles. The summed E-state index contributed by atoms with van der Waals surface area (Å²) in [5.41, 5.74) is 9.27. The lowest BCUT2D eigenvalue weighted by Crippen LogP contribution is -2.42. The van der Waals surface area contributed by atoms with Gasteiger partial charge in [-0.3, -0.25) is 4.79 Å². The van der Waals surface area contributed by atoms with Crippen LogP contribution in [0.5, 0.6) is 11.5 Å². The molecule has 5 nitrogen and oxygen atoms in total. The van der Waals surface area contributed by atoms with Crippen molar-refractivity contribution in [3.8, 4) is 11.5 Å². The Morgan fingerprint density at radius 3 is 2.50 bits per heavy atom. The van der Waals surface area contributed by atoms with Crippen molar-refractivity contribution < 1.29 is 14.3 Å². The molecule has 0 aliphatic heterocycles. The van der Waals surface area contributed by atoms with Crippen molar-refractivity contribution in [2.24, 2.45) is 0 Å². The number of methoxy groups -OCH3 is 2. The quantitative estimate of drug-likeness (QED) is 0.733. The molecule has 2 aromatic carbocycles. The molecule has 0 aromatic heterocycles. The van der Waals surface area contributed by atoms with E-state index in [-0.39, 0.29) is 24.4 Å². The van der Waals surface area contributed by atoms with E-state index < -0.39 is 5.41 Å². The minimum atomic E-state index is -0.703. The Morgan fingerprint density at radius 2 is 1.82 bits per heavy atom. The van der Waals surface area contributed by atoms with Crippen LogP contribution >= 0.6 is 12.4 Å². The number of halogens is 1. The van der Waals surface area contributed by atoms with Gasteiger partial charge < -0.3 is 20.5 Å². The minimum Gasteiger partial charge on any atom is -0.493 e. The Kier molecular flexibility index (Phi) is 6.83. The van der Waals surface area contributed by atoms with Gasteiger partial charge in [-0.25, -0.2) is 0 Å². The standard InChI is InChI=1S/C22H28N2O3.ClH/c1-22(2,15-8-11-19(26-3)20(13-15)27-4)21(25)24-18-7-5-6-14-12-16(23)9-10-17(14)18;/h8-13,18H,5-7,23H2,1-4H3,(H,24,25);1H. The van der Waals surface area contributed by atoms with Crippen molar-refractivity contribution in [2.45, 2.75) is 44.6 Å². The average Bonchev–Trinajstić information content (AvgIpc) is 2.67. The lowest BCUT2D eigenvalue weighted by Gasteiger charge is -2.31. The predicted molar refractivity (Wildman–Crippen MR) is 114 cm³/mol. The van der Waals surface area contributed by atoms with Gasteiger partial charge in [-0.15, -0.1) is 12.4 Å². The van der Waals surface area contributed by atoms with Crippen LogP contribution in [-0.4, -0.2) is 20.1 Å². The third-order valence-corrected chi connectivity index (χ3v) is 5.46. The lowest BCUT2D eigenvalue weighted by molar-refractivity contribution is -0.126. The number of benzene rings is 2. The molecule has 0 spiro atoms. The van der Waals surface area contributed by atoms with Gasteiger partial charge in [0.05, 0.1) is 25.7 Å². The molecular weight excluding hydrogens is 376 g/mol. The van der Waals surface area contributed by atoms with Gasteiger partial charge in [0.1, 0.15) is 0 Å². The highest BCUT2D eigenvalue weighted by Gasteiger charge is 2.33. The number of nitrogen functional groups attached to an aromatic ring is 1. The molecule has 3 rings (SSSR count). The molecule has 3 N–H and O–H groups in total. The van der Waals surface area contributed by atoms with Crippen LogP contribution < -0.4 is 20.5 Å². The normalized spacial score (nSPS) is 15.8. The van der Waals surface area contributed by atoms with Gasteiger partial charge in [0.25, 0.3) is 0 Å². The number of rotatable bonds is 5. The summed E-state index contributed by atoms with van der Waals surface area (Å²) >= 11 is 0. The molecule has 6 heteroatoms. The Morgan fingerprint density at radius 1 is 1.11 bits per heavy atom. The number of nitrogens with one attached hydrogen (secondary N) is 1. The molecule has 0 bridgehead atoms. The molecule has 28 heavy (non-hydrogen) atoms. The van der Waals surface area contributed by atoms with Gasteiger partial charge in [0, 0.05) is 5.69 Å². The van der Waals surface area contributed by atoms with Gasteiger partial charge in [-0.1, -0.05) is 12.1 Å². The molecule has 1 amide bonds. The zero-order chi connectivity index (χ0) is 19.6. The maximum Gasteiger partial charge on any atom is 0.230 e. The summed E-state index contributed by atoms with van der Waals surface area (Å²) in [6, 6.07) is 11.6. The Bertz CT molecular complexity index is 852. The number of hydrogen-bond acceptors (Lipinski definition) is 4. The molecule has 0 fully saturated rings. The second-order valence-electron chi connectivity index (χ2n) is 7.57. The predicted octanol–water partition coefficient (Wildman–Crippen LogP) is 4.18. The third-order valence-electron chi connectivity index (χ3n) is 5.46. The number of amides is 1. The number of fused-ring (bicyclic) bond motifs is 1. The first-order valence-corrected chi connectivity index (χ1v) is 9.28. The number of carbonyl (C=O) groups is 1. The molecule has 0 saturated heterocycles. The van der Waals surface area contributed by atoms with E-state index in [0.29, 0.717) is 11.5 Å². The number of carbonyl (C=O) groups excluding carboxylic acids is 1. The van der Waals surface area contributed by atoms with E-state index in [9.17, 15) is 4.79 Å². The minimum absolute atomic E-state index is 0. The van der Waals surface area contributed by atoms with Crippen molar-refractivity contribution in [2.75, 3.05) is 20.0 Å². The SMILES string of the molecule is COc1ccc(C(C)(C)C(=O)NC2CCCc3cc(N)ccc32)cc1OC.Cl. The van der Waals surface area contributed by atoms with Gasteiger partial charge in [-0.2, -0.15) is 0 Å². The highest BCUT2D eigenvalue weighted by Crippen LogP contribution is 2.35. The van der Waals surface area contributed by atoms with E-state index >= 15 is 0 Å².